The lowest BCUT2D eigenvalue weighted by atomic mass is 10.0. The van der Waals surface area contributed by atoms with Gasteiger partial charge >= 0.3 is 0 Å². The van der Waals surface area contributed by atoms with E-state index in [2.05, 4.69) is 34.1 Å². The summed E-state index contributed by atoms with van der Waals surface area (Å²) in [5, 5.41) is 4.97. The quantitative estimate of drug-likeness (QED) is 0.635. The third-order valence-corrected chi connectivity index (χ3v) is 4.45. The lowest BCUT2D eigenvalue weighted by Gasteiger charge is -2.16. The van der Waals surface area contributed by atoms with Gasteiger partial charge in [0, 0.05) is 5.02 Å². The van der Waals surface area contributed by atoms with Gasteiger partial charge in [0.15, 0.2) is 0 Å². The Morgan fingerprint density at radius 2 is 2.25 bits per heavy atom. The van der Waals surface area contributed by atoms with Crippen LogP contribution >= 0.6 is 23.1 Å². The minimum atomic E-state index is -0.00300. The molecule has 1 atom stereocenters. The number of benzene rings is 1. The molecule has 1 aromatic carbocycles. The Balaban J connectivity index is 2.22. The van der Waals surface area contributed by atoms with Gasteiger partial charge in [0.2, 0.25) is 0 Å². The van der Waals surface area contributed by atoms with Crippen LogP contribution in [0, 0.1) is 6.92 Å². The first-order chi connectivity index (χ1) is 9.65. The van der Waals surface area contributed by atoms with Crippen molar-refractivity contribution < 1.29 is 0 Å². The first-order valence-electron chi connectivity index (χ1n) is 6.68. The van der Waals surface area contributed by atoms with Gasteiger partial charge in [-0.3, -0.25) is 11.3 Å². The van der Waals surface area contributed by atoms with Gasteiger partial charge < -0.3 is 0 Å². The van der Waals surface area contributed by atoms with Gasteiger partial charge in [0.1, 0.15) is 0 Å². The highest BCUT2D eigenvalue weighted by molar-refractivity contribution is 7.05. The van der Waals surface area contributed by atoms with Crippen LogP contribution < -0.4 is 11.3 Å². The Morgan fingerprint density at radius 3 is 2.90 bits per heavy atom. The molecule has 0 aliphatic rings. The SMILES string of the molecule is CCCc1nnsc1C(Cc1ccc(C)cc1Cl)NN. The molecule has 6 heteroatoms. The summed E-state index contributed by atoms with van der Waals surface area (Å²) in [5.74, 6) is 5.71. The maximum atomic E-state index is 6.30. The van der Waals surface area contributed by atoms with Crippen LogP contribution in [-0.2, 0) is 12.8 Å². The summed E-state index contributed by atoms with van der Waals surface area (Å²) >= 11 is 7.70. The molecule has 0 saturated heterocycles. The van der Waals surface area contributed by atoms with Crippen molar-refractivity contribution in [2.45, 2.75) is 39.2 Å². The Labute approximate surface area is 128 Å². The Bertz CT molecular complexity index is 570. The van der Waals surface area contributed by atoms with E-state index in [1.54, 1.807) is 0 Å². The molecule has 0 amide bonds. The second-order valence-corrected chi connectivity index (χ2v) is 6.05. The number of aryl methyl sites for hydroxylation is 2. The van der Waals surface area contributed by atoms with E-state index < -0.39 is 0 Å². The van der Waals surface area contributed by atoms with Gasteiger partial charge in [-0.15, -0.1) is 5.10 Å². The van der Waals surface area contributed by atoms with Gasteiger partial charge in [0.05, 0.1) is 16.6 Å². The fraction of sp³-hybridized carbons (Fsp3) is 0.429. The fourth-order valence-electron chi connectivity index (χ4n) is 2.16. The second kappa shape index (κ2) is 7.13. The zero-order chi connectivity index (χ0) is 14.5. The molecule has 2 rings (SSSR count). The smallest absolute Gasteiger partial charge is 0.0804 e. The van der Waals surface area contributed by atoms with Crippen molar-refractivity contribution in [1.82, 2.24) is 15.0 Å². The molecule has 4 nitrogen and oxygen atoms in total. The highest BCUT2D eigenvalue weighted by atomic mass is 35.5. The van der Waals surface area contributed by atoms with Crippen LogP contribution in [0.25, 0.3) is 0 Å². The maximum absolute atomic E-state index is 6.30. The zero-order valence-electron chi connectivity index (χ0n) is 11.7. The third kappa shape index (κ3) is 3.55. The van der Waals surface area contributed by atoms with Gasteiger partial charge in [0.25, 0.3) is 0 Å². The lowest BCUT2D eigenvalue weighted by Crippen LogP contribution is -2.29. The van der Waals surface area contributed by atoms with E-state index in [-0.39, 0.29) is 6.04 Å². The highest BCUT2D eigenvalue weighted by Gasteiger charge is 2.19. The number of hydrogen-bond acceptors (Lipinski definition) is 5. The fourth-order valence-corrected chi connectivity index (χ4v) is 3.22. The Morgan fingerprint density at radius 1 is 1.45 bits per heavy atom. The average molecular weight is 311 g/mol. The molecule has 20 heavy (non-hydrogen) atoms. The van der Waals surface area contributed by atoms with Crippen molar-refractivity contribution in [2.75, 3.05) is 0 Å². The monoisotopic (exact) mass is 310 g/mol. The van der Waals surface area contributed by atoms with E-state index in [9.17, 15) is 0 Å². The molecule has 1 heterocycles. The molecular weight excluding hydrogens is 292 g/mol. The van der Waals surface area contributed by atoms with Gasteiger partial charge in [-0.25, -0.2) is 0 Å². The normalized spacial score (nSPS) is 12.6. The van der Waals surface area contributed by atoms with E-state index in [1.807, 2.05) is 13.0 Å². The zero-order valence-corrected chi connectivity index (χ0v) is 13.3. The van der Waals surface area contributed by atoms with E-state index in [0.29, 0.717) is 0 Å². The molecule has 0 aliphatic heterocycles. The van der Waals surface area contributed by atoms with Crippen molar-refractivity contribution >= 4 is 23.1 Å². The molecular formula is C14H19ClN4S. The molecule has 0 aliphatic carbocycles. The number of rotatable bonds is 6. The van der Waals surface area contributed by atoms with Crippen molar-refractivity contribution in [3.63, 3.8) is 0 Å². The van der Waals surface area contributed by atoms with Crippen LogP contribution in [0.5, 0.6) is 0 Å². The van der Waals surface area contributed by atoms with E-state index in [4.69, 9.17) is 17.4 Å². The highest BCUT2D eigenvalue weighted by Crippen LogP contribution is 2.27. The molecule has 0 bridgehead atoms. The minimum absolute atomic E-state index is 0.00300. The molecule has 0 fully saturated rings. The average Bonchev–Trinajstić information content (AvgIpc) is 2.87. The summed E-state index contributed by atoms with van der Waals surface area (Å²) in [5.41, 5.74) is 6.13. The van der Waals surface area contributed by atoms with Crippen molar-refractivity contribution in [2.24, 2.45) is 5.84 Å². The van der Waals surface area contributed by atoms with Gasteiger partial charge in [-0.2, -0.15) is 0 Å². The van der Waals surface area contributed by atoms with E-state index in [0.717, 1.165) is 46.0 Å². The molecule has 1 aromatic heterocycles. The molecule has 3 N–H and O–H groups in total. The summed E-state index contributed by atoms with van der Waals surface area (Å²) in [4.78, 5) is 1.10. The predicted molar refractivity (Wildman–Crippen MR) is 83.9 cm³/mol. The third-order valence-electron chi connectivity index (χ3n) is 3.22. The summed E-state index contributed by atoms with van der Waals surface area (Å²) < 4.78 is 4.05. The number of nitrogens with two attached hydrogens (primary N) is 1. The first kappa shape index (κ1) is 15.4. The molecule has 108 valence electrons. The summed E-state index contributed by atoms with van der Waals surface area (Å²) in [6.45, 7) is 4.16. The van der Waals surface area contributed by atoms with Crippen molar-refractivity contribution in [3.05, 3.63) is 44.9 Å². The van der Waals surface area contributed by atoms with Gasteiger partial charge in [-0.05, 0) is 48.5 Å². The second-order valence-electron chi connectivity index (χ2n) is 4.85. The van der Waals surface area contributed by atoms with Crippen molar-refractivity contribution in [3.8, 4) is 0 Å². The van der Waals surface area contributed by atoms with Crippen LogP contribution in [0.1, 0.15) is 41.1 Å². The molecule has 2 aromatic rings. The summed E-state index contributed by atoms with van der Waals surface area (Å²) in [6.07, 6.45) is 2.70. The number of halogens is 1. The van der Waals surface area contributed by atoms with Crippen LogP contribution in [0.3, 0.4) is 0 Å². The molecule has 0 spiro atoms. The molecule has 0 saturated carbocycles. The van der Waals surface area contributed by atoms with E-state index in [1.165, 1.54) is 11.5 Å². The molecule has 0 radical (unpaired) electrons. The number of aromatic nitrogens is 2. The number of nitrogens with zero attached hydrogens (tertiary/aromatic N) is 2. The maximum Gasteiger partial charge on any atom is 0.0804 e. The first-order valence-corrected chi connectivity index (χ1v) is 7.83. The van der Waals surface area contributed by atoms with Crippen LogP contribution in [0.2, 0.25) is 5.02 Å². The summed E-state index contributed by atoms with van der Waals surface area (Å²) in [6, 6.07) is 6.09. The van der Waals surface area contributed by atoms with Crippen molar-refractivity contribution in [1.29, 1.82) is 0 Å². The van der Waals surface area contributed by atoms with Crippen LogP contribution in [0.4, 0.5) is 0 Å². The Kier molecular flexibility index (Phi) is 5.48. The number of hydrazine groups is 1. The van der Waals surface area contributed by atoms with Crippen LogP contribution in [0.15, 0.2) is 18.2 Å². The summed E-state index contributed by atoms with van der Waals surface area (Å²) in [7, 11) is 0. The molecule has 1 unspecified atom stereocenters. The largest absolute Gasteiger partial charge is 0.271 e. The number of nitrogens with one attached hydrogen (secondary N) is 1. The Hall–Kier alpha value is -1.01. The topological polar surface area (TPSA) is 63.8 Å². The lowest BCUT2D eigenvalue weighted by molar-refractivity contribution is 0.554. The minimum Gasteiger partial charge on any atom is -0.271 e. The standard InChI is InChI=1S/C14H19ClN4S/c1-3-4-12-14(20-19-18-12)13(17-16)8-10-6-5-9(2)7-11(10)15/h5-7,13,17H,3-4,8,16H2,1-2H3. The predicted octanol–water partition coefficient (Wildman–Crippen LogP) is 3.20. The van der Waals surface area contributed by atoms with Gasteiger partial charge in [-0.1, -0.05) is 41.6 Å². The van der Waals surface area contributed by atoms with E-state index >= 15 is 0 Å². The van der Waals surface area contributed by atoms with Crippen LogP contribution in [-0.4, -0.2) is 9.59 Å². The number of hydrogen-bond donors (Lipinski definition) is 2.